The van der Waals surface area contributed by atoms with Crippen molar-refractivity contribution in [1.29, 1.82) is 0 Å². The van der Waals surface area contributed by atoms with Gasteiger partial charge in [0.15, 0.2) is 11.2 Å². The van der Waals surface area contributed by atoms with Crippen LogP contribution in [-0.4, -0.2) is 48.4 Å². The third-order valence-corrected chi connectivity index (χ3v) is 4.73. The predicted molar refractivity (Wildman–Crippen MR) is 96.4 cm³/mol. The highest BCUT2D eigenvalue weighted by molar-refractivity contribution is 6.30. The average molecular weight is 373 g/mol. The van der Waals surface area contributed by atoms with Crippen LogP contribution in [0.25, 0.3) is 16.9 Å². The van der Waals surface area contributed by atoms with Crippen LogP contribution in [0.5, 0.6) is 0 Å². The fraction of sp³-hybridized carbons (Fsp3) is 0.353. The number of rotatable bonds is 3. The summed E-state index contributed by atoms with van der Waals surface area (Å²) in [6.45, 7) is 1.45. The molecular weight excluding hydrogens is 356 g/mol. The molecule has 0 aliphatic carbocycles. The number of nitrogens with zero attached hydrogens (tertiary/aromatic N) is 6. The third kappa shape index (κ3) is 3.08. The summed E-state index contributed by atoms with van der Waals surface area (Å²) in [5, 5.41) is 8.52. The monoisotopic (exact) mass is 372 g/mol. The van der Waals surface area contributed by atoms with Crippen molar-refractivity contribution in [2.45, 2.75) is 25.8 Å². The molecule has 1 saturated heterocycles. The summed E-state index contributed by atoms with van der Waals surface area (Å²) in [7, 11) is 0. The van der Waals surface area contributed by atoms with E-state index in [0.717, 1.165) is 32.4 Å². The van der Waals surface area contributed by atoms with Crippen LogP contribution in [0.4, 0.5) is 0 Å². The van der Waals surface area contributed by atoms with Crippen LogP contribution in [0.15, 0.2) is 35.4 Å². The second kappa shape index (κ2) is 6.87. The number of aromatic nitrogens is 5. The summed E-state index contributed by atoms with van der Waals surface area (Å²) in [6.07, 6.45) is 4.53. The molecule has 1 aliphatic heterocycles. The van der Waals surface area contributed by atoms with Crippen LogP contribution in [0.1, 0.15) is 19.3 Å². The SMILES string of the molecule is O=C(Cn1cnc2c(nnn2-c2cccc(Cl)c2)c1=O)N1CCCCC1. The van der Waals surface area contributed by atoms with Crippen molar-refractivity contribution in [1.82, 2.24) is 29.4 Å². The first-order valence-electron chi connectivity index (χ1n) is 8.48. The van der Waals surface area contributed by atoms with Gasteiger partial charge in [0.1, 0.15) is 12.9 Å². The van der Waals surface area contributed by atoms with Crippen LogP contribution in [-0.2, 0) is 11.3 Å². The largest absolute Gasteiger partial charge is 0.341 e. The number of halogens is 1. The molecule has 0 radical (unpaired) electrons. The Morgan fingerprint density at radius 2 is 2.00 bits per heavy atom. The van der Waals surface area contributed by atoms with Crippen LogP contribution in [0.3, 0.4) is 0 Å². The Bertz CT molecular complexity index is 1020. The fourth-order valence-corrected chi connectivity index (χ4v) is 3.31. The number of piperidine rings is 1. The molecule has 0 atom stereocenters. The van der Waals surface area contributed by atoms with Gasteiger partial charge < -0.3 is 4.90 Å². The van der Waals surface area contributed by atoms with Crippen molar-refractivity contribution in [3.63, 3.8) is 0 Å². The third-order valence-electron chi connectivity index (χ3n) is 4.50. The van der Waals surface area contributed by atoms with Gasteiger partial charge >= 0.3 is 0 Å². The zero-order valence-corrected chi connectivity index (χ0v) is 14.8. The maximum Gasteiger partial charge on any atom is 0.284 e. The summed E-state index contributed by atoms with van der Waals surface area (Å²) in [4.78, 5) is 31.2. The highest BCUT2D eigenvalue weighted by atomic mass is 35.5. The van der Waals surface area contributed by atoms with Crippen molar-refractivity contribution in [3.05, 3.63) is 46.0 Å². The lowest BCUT2D eigenvalue weighted by Gasteiger charge is -2.26. The molecule has 26 heavy (non-hydrogen) atoms. The summed E-state index contributed by atoms with van der Waals surface area (Å²) >= 11 is 6.01. The lowest BCUT2D eigenvalue weighted by Crippen LogP contribution is -2.39. The summed E-state index contributed by atoms with van der Waals surface area (Å²) in [5.74, 6) is -0.0739. The Morgan fingerprint density at radius 3 is 2.77 bits per heavy atom. The van der Waals surface area contributed by atoms with E-state index in [4.69, 9.17) is 11.6 Å². The number of hydrogen-bond donors (Lipinski definition) is 0. The first-order valence-corrected chi connectivity index (χ1v) is 8.86. The zero-order valence-electron chi connectivity index (χ0n) is 14.0. The summed E-state index contributed by atoms with van der Waals surface area (Å²) in [5.41, 5.74) is 0.737. The number of benzene rings is 1. The predicted octanol–water partition coefficient (Wildman–Crippen LogP) is 1.64. The van der Waals surface area contributed by atoms with Gasteiger partial charge in [0.25, 0.3) is 5.56 Å². The Morgan fingerprint density at radius 1 is 1.19 bits per heavy atom. The molecule has 8 nitrogen and oxygen atoms in total. The molecule has 1 aliphatic rings. The molecule has 0 N–H and O–H groups in total. The number of hydrogen-bond acceptors (Lipinski definition) is 5. The number of carbonyl (C=O) groups is 1. The van der Waals surface area contributed by atoms with Gasteiger partial charge in [-0.2, -0.15) is 4.68 Å². The van der Waals surface area contributed by atoms with E-state index < -0.39 is 0 Å². The van der Waals surface area contributed by atoms with E-state index >= 15 is 0 Å². The summed E-state index contributed by atoms with van der Waals surface area (Å²) < 4.78 is 2.75. The Balaban J connectivity index is 1.66. The van der Waals surface area contributed by atoms with Crippen molar-refractivity contribution < 1.29 is 4.79 Å². The zero-order chi connectivity index (χ0) is 18.1. The quantitative estimate of drug-likeness (QED) is 0.697. The first-order chi connectivity index (χ1) is 12.6. The maximum atomic E-state index is 12.7. The number of fused-ring (bicyclic) bond motifs is 1. The lowest BCUT2D eigenvalue weighted by atomic mass is 10.1. The number of amides is 1. The second-order valence-corrected chi connectivity index (χ2v) is 6.71. The summed E-state index contributed by atoms with van der Waals surface area (Å²) in [6, 6.07) is 7.04. The van der Waals surface area contributed by atoms with Crippen LogP contribution >= 0.6 is 11.6 Å². The molecule has 0 spiro atoms. The molecule has 3 aromatic rings. The lowest BCUT2D eigenvalue weighted by molar-refractivity contribution is -0.132. The topological polar surface area (TPSA) is 85.9 Å². The van der Waals surface area contributed by atoms with Crippen molar-refractivity contribution in [3.8, 4) is 5.69 Å². The molecule has 0 saturated carbocycles. The van der Waals surface area contributed by atoms with E-state index in [1.54, 1.807) is 29.2 Å². The molecule has 0 unspecified atom stereocenters. The molecule has 1 aromatic carbocycles. The van der Waals surface area contributed by atoms with E-state index in [2.05, 4.69) is 15.3 Å². The Labute approximate surface area is 154 Å². The molecule has 2 aromatic heterocycles. The number of likely N-dealkylation sites (tertiary alicyclic amines) is 1. The van der Waals surface area contributed by atoms with Gasteiger partial charge in [0, 0.05) is 18.1 Å². The van der Waals surface area contributed by atoms with Crippen LogP contribution in [0, 0.1) is 0 Å². The van der Waals surface area contributed by atoms with Gasteiger partial charge in [-0.3, -0.25) is 14.2 Å². The second-order valence-electron chi connectivity index (χ2n) is 6.27. The van der Waals surface area contributed by atoms with Crippen LogP contribution in [0.2, 0.25) is 5.02 Å². The van der Waals surface area contributed by atoms with Crippen LogP contribution < -0.4 is 5.56 Å². The molecule has 9 heteroatoms. The smallest absolute Gasteiger partial charge is 0.284 e. The Kier molecular flexibility index (Phi) is 4.42. The van der Waals surface area contributed by atoms with Crippen molar-refractivity contribution in [2.75, 3.05) is 13.1 Å². The molecular formula is C17H17ClN6O2. The fourth-order valence-electron chi connectivity index (χ4n) is 3.13. The van der Waals surface area contributed by atoms with E-state index in [1.807, 2.05) is 0 Å². The van der Waals surface area contributed by atoms with E-state index in [9.17, 15) is 9.59 Å². The van der Waals surface area contributed by atoms with Gasteiger partial charge in [-0.15, -0.1) is 5.10 Å². The number of carbonyl (C=O) groups excluding carboxylic acids is 1. The highest BCUT2D eigenvalue weighted by Crippen LogP contribution is 2.16. The molecule has 4 rings (SSSR count). The van der Waals surface area contributed by atoms with Gasteiger partial charge in [-0.1, -0.05) is 22.9 Å². The Hall–Kier alpha value is -2.74. The minimum Gasteiger partial charge on any atom is -0.341 e. The minimum absolute atomic E-state index is 0.0359. The van der Waals surface area contributed by atoms with Gasteiger partial charge in [-0.05, 0) is 37.5 Å². The normalized spacial score (nSPS) is 14.7. The average Bonchev–Trinajstić information content (AvgIpc) is 3.09. The molecule has 1 amide bonds. The molecule has 1 fully saturated rings. The van der Waals surface area contributed by atoms with Crippen molar-refractivity contribution in [2.24, 2.45) is 0 Å². The van der Waals surface area contributed by atoms with E-state index in [1.165, 1.54) is 15.6 Å². The van der Waals surface area contributed by atoms with E-state index in [-0.39, 0.29) is 23.5 Å². The van der Waals surface area contributed by atoms with Crippen molar-refractivity contribution >= 4 is 28.7 Å². The molecule has 0 bridgehead atoms. The van der Waals surface area contributed by atoms with E-state index in [0.29, 0.717) is 16.4 Å². The molecule has 3 heterocycles. The minimum atomic E-state index is -0.381. The standard InChI is InChI=1S/C17H17ClN6O2/c18-12-5-4-6-13(9-12)24-16-15(20-21-24)17(26)23(11-19-16)10-14(25)22-7-2-1-3-8-22/h4-6,9,11H,1-3,7-8,10H2. The maximum absolute atomic E-state index is 12.7. The highest BCUT2D eigenvalue weighted by Gasteiger charge is 2.19. The molecule has 134 valence electrons. The first kappa shape index (κ1) is 16.7. The van der Waals surface area contributed by atoms with Gasteiger partial charge in [0.2, 0.25) is 5.91 Å². The van der Waals surface area contributed by atoms with Gasteiger partial charge in [0.05, 0.1) is 5.69 Å². The van der Waals surface area contributed by atoms with Gasteiger partial charge in [-0.25, -0.2) is 4.98 Å².